The van der Waals surface area contributed by atoms with E-state index in [9.17, 15) is 14.0 Å². The van der Waals surface area contributed by atoms with Crippen molar-refractivity contribution < 1.29 is 23.8 Å². The molecule has 0 aliphatic heterocycles. The number of nitrogens with one attached hydrogen (secondary N) is 1. The molecule has 2 aromatic carbocycles. The first-order chi connectivity index (χ1) is 12.5. The Balaban J connectivity index is 1.70. The Kier molecular flexibility index (Phi) is 5.21. The van der Waals surface area contributed by atoms with Gasteiger partial charge in [-0.1, -0.05) is 6.07 Å². The van der Waals surface area contributed by atoms with E-state index in [-0.39, 0.29) is 17.0 Å². The van der Waals surface area contributed by atoms with Crippen molar-refractivity contribution in [2.24, 2.45) is 0 Å². The van der Waals surface area contributed by atoms with Crippen molar-refractivity contribution in [1.82, 2.24) is 5.32 Å². The number of benzene rings is 2. The summed E-state index contributed by atoms with van der Waals surface area (Å²) in [6, 6.07) is 9.24. The average Bonchev–Trinajstić information content (AvgIpc) is 2.65. The van der Waals surface area contributed by atoms with E-state index in [4.69, 9.17) is 9.84 Å². The van der Waals surface area contributed by atoms with Crippen LogP contribution in [0, 0.1) is 5.82 Å². The zero-order valence-electron chi connectivity index (χ0n) is 14.4. The van der Waals surface area contributed by atoms with E-state index in [2.05, 4.69) is 5.32 Å². The summed E-state index contributed by atoms with van der Waals surface area (Å²) < 4.78 is 19.3. The van der Waals surface area contributed by atoms with Crippen LogP contribution < -0.4 is 10.1 Å². The number of carboxylic acid groups (broad SMARTS) is 1. The molecule has 1 unspecified atom stereocenters. The summed E-state index contributed by atoms with van der Waals surface area (Å²) in [5.74, 6) is -1.63. The molecule has 2 aromatic rings. The van der Waals surface area contributed by atoms with E-state index >= 15 is 0 Å². The zero-order valence-corrected chi connectivity index (χ0v) is 14.4. The molecule has 0 saturated heterocycles. The molecule has 26 heavy (non-hydrogen) atoms. The van der Waals surface area contributed by atoms with Crippen LogP contribution in [0.4, 0.5) is 4.39 Å². The topological polar surface area (TPSA) is 75.6 Å². The lowest BCUT2D eigenvalue weighted by atomic mass is 9.82. The van der Waals surface area contributed by atoms with Crippen LogP contribution >= 0.6 is 0 Å². The van der Waals surface area contributed by atoms with Gasteiger partial charge in [-0.15, -0.1) is 0 Å². The van der Waals surface area contributed by atoms with Gasteiger partial charge in [0.2, 0.25) is 0 Å². The highest BCUT2D eigenvalue weighted by molar-refractivity contribution is 5.96. The van der Waals surface area contributed by atoms with Gasteiger partial charge in [-0.05, 0) is 60.7 Å². The van der Waals surface area contributed by atoms with Crippen molar-refractivity contribution >= 4 is 11.9 Å². The molecule has 0 spiro atoms. The fourth-order valence-corrected chi connectivity index (χ4v) is 3.37. The molecule has 1 aliphatic carbocycles. The lowest BCUT2D eigenvalue weighted by Crippen LogP contribution is -2.30. The second-order valence-corrected chi connectivity index (χ2v) is 6.36. The summed E-state index contributed by atoms with van der Waals surface area (Å²) in [6.07, 6.45) is 2.94. The zero-order chi connectivity index (χ0) is 18.7. The number of fused-ring (bicyclic) bond motifs is 1. The van der Waals surface area contributed by atoms with Gasteiger partial charge in [-0.25, -0.2) is 9.18 Å². The minimum absolute atomic E-state index is 0.152. The minimum Gasteiger partial charge on any atom is -0.497 e. The molecule has 136 valence electrons. The third kappa shape index (κ3) is 3.69. The standard InChI is InChI=1S/C20H20FNO4/c1-26-15-6-8-16-12(9-15)3-2-4-14(16)11-22-19(23)17-7-5-13(20(24)25)10-18(17)21/h5-10,14H,2-4,11H2,1H3,(H,22,23)(H,24,25). The van der Waals surface area contributed by atoms with Crippen molar-refractivity contribution in [3.63, 3.8) is 0 Å². The van der Waals surface area contributed by atoms with Crippen molar-refractivity contribution in [1.29, 1.82) is 0 Å². The Bertz CT molecular complexity index is 850. The molecular formula is C20H20FNO4. The second-order valence-electron chi connectivity index (χ2n) is 6.36. The van der Waals surface area contributed by atoms with E-state index in [0.29, 0.717) is 6.54 Å². The Morgan fingerprint density at radius 1 is 1.27 bits per heavy atom. The lowest BCUT2D eigenvalue weighted by Gasteiger charge is -2.26. The lowest BCUT2D eigenvalue weighted by molar-refractivity contribution is 0.0695. The third-order valence-electron chi connectivity index (χ3n) is 4.76. The van der Waals surface area contributed by atoms with Crippen LogP contribution in [-0.2, 0) is 6.42 Å². The number of ether oxygens (including phenoxy) is 1. The van der Waals surface area contributed by atoms with Gasteiger partial charge in [0, 0.05) is 12.5 Å². The molecule has 0 aromatic heterocycles. The summed E-state index contributed by atoms with van der Waals surface area (Å²) in [5.41, 5.74) is 2.06. The number of methoxy groups -OCH3 is 1. The molecule has 1 atom stereocenters. The van der Waals surface area contributed by atoms with Crippen LogP contribution in [0.2, 0.25) is 0 Å². The van der Waals surface area contributed by atoms with E-state index in [1.165, 1.54) is 23.3 Å². The number of aryl methyl sites for hydroxylation is 1. The summed E-state index contributed by atoms with van der Waals surface area (Å²) in [6.45, 7) is 0.401. The molecule has 3 rings (SSSR count). The number of carboxylic acids is 1. The van der Waals surface area contributed by atoms with Crippen LogP contribution in [0.25, 0.3) is 0 Å². The van der Waals surface area contributed by atoms with E-state index < -0.39 is 17.7 Å². The van der Waals surface area contributed by atoms with Crippen molar-refractivity contribution in [3.8, 4) is 5.75 Å². The summed E-state index contributed by atoms with van der Waals surface area (Å²) in [7, 11) is 1.63. The van der Waals surface area contributed by atoms with Gasteiger partial charge in [0.05, 0.1) is 18.2 Å². The van der Waals surface area contributed by atoms with Crippen LogP contribution in [0.15, 0.2) is 36.4 Å². The summed E-state index contributed by atoms with van der Waals surface area (Å²) in [5, 5.41) is 11.6. The van der Waals surface area contributed by atoms with Gasteiger partial charge < -0.3 is 15.2 Å². The first-order valence-electron chi connectivity index (χ1n) is 8.47. The number of hydrogen-bond donors (Lipinski definition) is 2. The first kappa shape index (κ1) is 17.9. The smallest absolute Gasteiger partial charge is 0.335 e. The predicted octanol–water partition coefficient (Wildman–Crippen LogP) is 3.38. The monoisotopic (exact) mass is 357 g/mol. The van der Waals surface area contributed by atoms with E-state index in [0.717, 1.165) is 31.1 Å². The number of halogens is 1. The first-order valence-corrected chi connectivity index (χ1v) is 8.47. The number of amides is 1. The molecule has 0 saturated carbocycles. The molecule has 0 bridgehead atoms. The number of hydrogen-bond acceptors (Lipinski definition) is 3. The summed E-state index contributed by atoms with van der Waals surface area (Å²) in [4.78, 5) is 23.1. The van der Waals surface area contributed by atoms with Gasteiger partial charge in [0.1, 0.15) is 11.6 Å². The van der Waals surface area contributed by atoms with E-state index in [1.807, 2.05) is 18.2 Å². The highest BCUT2D eigenvalue weighted by Gasteiger charge is 2.22. The molecule has 2 N–H and O–H groups in total. The average molecular weight is 357 g/mol. The quantitative estimate of drug-likeness (QED) is 0.860. The van der Waals surface area contributed by atoms with Gasteiger partial charge in [0.15, 0.2) is 0 Å². The van der Waals surface area contributed by atoms with Crippen molar-refractivity contribution in [3.05, 3.63) is 64.5 Å². The Labute approximate surface area is 150 Å². The Morgan fingerprint density at radius 2 is 2.08 bits per heavy atom. The molecule has 0 heterocycles. The fraction of sp³-hybridized carbons (Fsp3) is 0.300. The highest BCUT2D eigenvalue weighted by Crippen LogP contribution is 2.33. The van der Waals surface area contributed by atoms with Crippen LogP contribution in [0.3, 0.4) is 0 Å². The van der Waals surface area contributed by atoms with Crippen molar-refractivity contribution in [2.75, 3.05) is 13.7 Å². The molecule has 1 aliphatic rings. The number of carbonyl (C=O) groups is 2. The molecule has 5 nitrogen and oxygen atoms in total. The minimum atomic E-state index is -1.23. The van der Waals surface area contributed by atoms with E-state index in [1.54, 1.807) is 7.11 Å². The normalized spacial score (nSPS) is 15.8. The summed E-state index contributed by atoms with van der Waals surface area (Å²) >= 11 is 0. The molecular weight excluding hydrogens is 337 g/mol. The molecule has 0 radical (unpaired) electrons. The highest BCUT2D eigenvalue weighted by atomic mass is 19.1. The van der Waals surface area contributed by atoms with Gasteiger partial charge >= 0.3 is 5.97 Å². The van der Waals surface area contributed by atoms with Crippen LogP contribution in [0.1, 0.15) is 50.6 Å². The SMILES string of the molecule is COc1ccc2c(c1)CCCC2CNC(=O)c1ccc(C(=O)O)cc1F. The van der Waals surface area contributed by atoms with Gasteiger partial charge in [-0.3, -0.25) is 4.79 Å². The maximum atomic E-state index is 14.0. The molecule has 6 heteroatoms. The largest absolute Gasteiger partial charge is 0.497 e. The number of aromatic carboxylic acids is 1. The molecule has 0 fully saturated rings. The number of carbonyl (C=O) groups excluding carboxylic acids is 1. The number of rotatable bonds is 5. The van der Waals surface area contributed by atoms with Gasteiger partial charge in [0.25, 0.3) is 5.91 Å². The van der Waals surface area contributed by atoms with Gasteiger partial charge in [-0.2, -0.15) is 0 Å². The Hall–Kier alpha value is -2.89. The Morgan fingerprint density at radius 3 is 2.77 bits per heavy atom. The third-order valence-corrected chi connectivity index (χ3v) is 4.76. The predicted molar refractivity (Wildman–Crippen MR) is 94.4 cm³/mol. The second kappa shape index (κ2) is 7.56. The fourth-order valence-electron chi connectivity index (χ4n) is 3.37. The molecule has 1 amide bonds. The maximum Gasteiger partial charge on any atom is 0.335 e. The maximum absolute atomic E-state index is 14.0. The van der Waals surface area contributed by atoms with Crippen LogP contribution in [0.5, 0.6) is 5.75 Å². The van der Waals surface area contributed by atoms with Crippen molar-refractivity contribution in [2.45, 2.75) is 25.2 Å². The van der Waals surface area contributed by atoms with Crippen LogP contribution in [-0.4, -0.2) is 30.6 Å².